The lowest BCUT2D eigenvalue weighted by Gasteiger charge is -2.35. The molecule has 0 spiro atoms. The van der Waals surface area contributed by atoms with Crippen LogP contribution in [0.3, 0.4) is 0 Å². The molecule has 2 atom stereocenters. The average Bonchev–Trinajstić information content (AvgIpc) is 3.43. The molecule has 4 rings (SSSR count). The zero-order chi connectivity index (χ0) is 25.5. The smallest absolute Gasteiger partial charge is 0.306 e. The van der Waals surface area contributed by atoms with E-state index in [4.69, 9.17) is 0 Å². The number of rotatable bonds is 9. The van der Waals surface area contributed by atoms with Gasteiger partial charge in [0.2, 0.25) is 5.91 Å². The van der Waals surface area contributed by atoms with Crippen molar-refractivity contribution in [2.24, 2.45) is 11.8 Å². The van der Waals surface area contributed by atoms with Crippen LogP contribution in [0.4, 0.5) is 0 Å². The van der Waals surface area contributed by atoms with Crippen LogP contribution in [0.5, 0.6) is 0 Å². The number of carbonyl (C=O) groups excluding carboxylic acids is 2. The van der Waals surface area contributed by atoms with Gasteiger partial charge < -0.3 is 15.3 Å². The van der Waals surface area contributed by atoms with Crippen LogP contribution in [0, 0.1) is 11.8 Å². The summed E-state index contributed by atoms with van der Waals surface area (Å²) < 4.78 is 0. The standard InChI is InChI=1S/C27H31N5O4/c1-18(33)32-13-11-22(12-14-32)24(27(35)36)16-23(29-26(34)25-17-28-31-30-25)15-19-7-9-21(10-8-19)20-5-3-2-4-6-20/h2-10,17,22-24H,11-16H2,1H3,(H,29,34)(H,35,36)(H,28,30,31). The summed E-state index contributed by atoms with van der Waals surface area (Å²) in [6.45, 7) is 2.65. The molecule has 2 aromatic carbocycles. The number of hydrogen-bond acceptors (Lipinski definition) is 5. The molecule has 1 saturated heterocycles. The Bertz CT molecular complexity index is 1160. The van der Waals surface area contributed by atoms with E-state index in [9.17, 15) is 19.5 Å². The lowest BCUT2D eigenvalue weighted by molar-refractivity contribution is -0.145. The topological polar surface area (TPSA) is 128 Å². The number of aromatic amines is 1. The van der Waals surface area contributed by atoms with E-state index in [1.54, 1.807) is 4.90 Å². The number of nitrogens with zero attached hydrogens (tertiary/aromatic N) is 3. The third kappa shape index (κ3) is 6.35. The van der Waals surface area contributed by atoms with E-state index in [2.05, 4.69) is 20.7 Å². The molecule has 3 N–H and O–H groups in total. The minimum Gasteiger partial charge on any atom is -0.481 e. The predicted molar refractivity (Wildman–Crippen MR) is 134 cm³/mol. The summed E-state index contributed by atoms with van der Waals surface area (Å²) in [5.41, 5.74) is 3.35. The zero-order valence-electron chi connectivity index (χ0n) is 20.3. The molecule has 0 bridgehead atoms. The van der Waals surface area contributed by atoms with Gasteiger partial charge in [0, 0.05) is 26.1 Å². The van der Waals surface area contributed by atoms with Crippen LogP contribution in [-0.4, -0.2) is 62.3 Å². The highest BCUT2D eigenvalue weighted by molar-refractivity contribution is 5.92. The summed E-state index contributed by atoms with van der Waals surface area (Å²) >= 11 is 0. The molecule has 36 heavy (non-hydrogen) atoms. The molecule has 3 aromatic rings. The zero-order valence-corrected chi connectivity index (χ0v) is 20.3. The molecule has 1 fully saturated rings. The van der Waals surface area contributed by atoms with Crippen LogP contribution in [-0.2, 0) is 16.0 Å². The van der Waals surface area contributed by atoms with Gasteiger partial charge >= 0.3 is 5.97 Å². The van der Waals surface area contributed by atoms with E-state index in [1.807, 2.05) is 54.6 Å². The summed E-state index contributed by atoms with van der Waals surface area (Å²) in [6.07, 6.45) is 3.37. The van der Waals surface area contributed by atoms with Gasteiger partial charge in [0.05, 0.1) is 12.1 Å². The number of likely N-dealkylation sites (tertiary alicyclic amines) is 1. The number of benzene rings is 2. The second-order valence-corrected chi connectivity index (χ2v) is 9.32. The molecule has 0 aliphatic carbocycles. The molecule has 1 aliphatic heterocycles. The van der Waals surface area contributed by atoms with Crippen LogP contribution in [0.25, 0.3) is 11.1 Å². The first kappa shape index (κ1) is 25.1. The largest absolute Gasteiger partial charge is 0.481 e. The minimum absolute atomic E-state index is 0.0111. The van der Waals surface area contributed by atoms with Crippen molar-refractivity contribution in [2.75, 3.05) is 13.1 Å². The highest BCUT2D eigenvalue weighted by Crippen LogP contribution is 2.30. The van der Waals surface area contributed by atoms with Crippen LogP contribution < -0.4 is 5.32 Å². The van der Waals surface area contributed by atoms with Gasteiger partial charge in [0.15, 0.2) is 5.69 Å². The molecule has 0 saturated carbocycles. The van der Waals surface area contributed by atoms with Gasteiger partial charge in [-0.25, -0.2) is 0 Å². The van der Waals surface area contributed by atoms with Crippen LogP contribution >= 0.6 is 0 Å². The number of carbonyl (C=O) groups is 3. The second-order valence-electron chi connectivity index (χ2n) is 9.32. The number of amides is 2. The van der Waals surface area contributed by atoms with Gasteiger partial charge in [-0.15, -0.1) is 0 Å². The third-order valence-corrected chi connectivity index (χ3v) is 6.94. The number of aliphatic carboxylic acids is 1. The molecule has 0 radical (unpaired) electrons. The molecule has 188 valence electrons. The molecule has 2 amide bonds. The minimum atomic E-state index is -0.878. The van der Waals surface area contributed by atoms with Gasteiger partial charge in [0.1, 0.15) is 0 Å². The molecule has 1 aromatic heterocycles. The molecule has 2 unspecified atom stereocenters. The number of carboxylic acid groups (broad SMARTS) is 1. The van der Waals surface area contributed by atoms with Gasteiger partial charge in [-0.1, -0.05) is 54.6 Å². The Hall–Kier alpha value is -4.01. The quantitative estimate of drug-likeness (QED) is 0.424. The van der Waals surface area contributed by atoms with E-state index < -0.39 is 23.8 Å². The Morgan fingerprint density at radius 3 is 2.31 bits per heavy atom. The van der Waals surface area contributed by atoms with E-state index in [-0.39, 0.29) is 23.9 Å². The van der Waals surface area contributed by atoms with Crippen molar-refractivity contribution < 1.29 is 19.5 Å². The normalized spacial score (nSPS) is 15.8. The molecular formula is C27H31N5O4. The highest BCUT2D eigenvalue weighted by atomic mass is 16.4. The third-order valence-electron chi connectivity index (χ3n) is 6.94. The first-order valence-corrected chi connectivity index (χ1v) is 12.2. The molecule has 1 aliphatic rings. The fourth-order valence-electron chi connectivity index (χ4n) is 4.93. The molecular weight excluding hydrogens is 458 g/mol. The highest BCUT2D eigenvalue weighted by Gasteiger charge is 2.34. The number of hydrogen-bond donors (Lipinski definition) is 3. The lowest BCUT2D eigenvalue weighted by Crippen LogP contribution is -2.44. The van der Waals surface area contributed by atoms with Gasteiger partial charge in [0.25, 0.3) is 5.91 Å². The van der Waals surface area contributed by atoms with E-state index >= 15 is 0 Å². The maximum Gasteiger partial charge on any atom is 0.306 e. The van der Waals surface area contributed by atoms with Crippen molar-refractivity contribution in [3.63, 3.8) is 0 Å². The summed E-state index contributed by atoms with van der Waals surface area (Å²) in [5.74, 6) is -1.96. The molecule has 2 heterocycles. The van der Waals surface area contributed by atoms with Crippen molar-refractivity contribution in [3.8, 4) is 11.1 Å². The van der Waals surface area contributed by atoms with E-state index in [0.29, 0.717) is 32.4 Å². The monoisotopic (exact) mass is 489 g/mol. The SMILES string of the molecule is CC(=O)N1CCC(C(CC(Cc2ccc(-c3ccccc3)cc2)NC(=O)c2cn[nH]n2)C(=O)O)CC1. The van der Waals surface area contributed by atoms with Crippen LogP contribution in [0.15, 0.2) is 60.8 Å². The van der Waals surface area contributed by atoms with Gasteiger partial charge in [-0.3, -0.25) is 14.4 Å². The summed E-state index contributed by atoms with van der Waals surface area (Å²) in [7, 11) is 0. The van der Waals surface area contributed by atoms with E-state index in [1.165, 1.54) is 13.1 Å². The first-order valence-electron chi connectivity index (χ1n) is 12.2. The van der Waals surface area contributed by atoms with Gasteiger partial charge in [-0.05, 0) is 48.3 Å². The molecule has 9 heteroatoms. The summed E-state index contributed by atoms with van der Waals surface area (Å²) in [4.78, 5) is 38.5. The Labute approximate surface area is 209 Å². The number of carboxylic acids is 1. The molecule has 9 nitrogen and oxygen atoms in total. The van der Waals surface area contributed by atoms with Crippen LogP contribution in [0.1, 0.15) is 42.2 Å². The first-order chi connectivity index (χ1) is 17.4. The Balaban J connectivity index is 1.50. The van der Waals surface area contributed by atoms with Gasteiger partial charge in [-0.2, -0.15) is 15.4 Å². The van der Waals surface area contributed by atoms with E-state index in [0.717, 1.165) is 16.7 Å². The number of aromatic nitrogens is 3. The van der Waals surface area contributed by atoms with Crippen molar-refractivity contribution in [1.29, 1.82) is 0 Å². The van der Waals surface area contributed by atoms with Crippen LogP contribution in [0.2, 0.25) is 0 Å². The fourth-order valence-corrected chi connectivity index (χ4v) is 4.93. The lowest BCUT2D eigenvalue weighted by atomic mass is 9.79. The van der Waals surface area contributed by atoms with Crippen molar-refractivity contribution in [3.05, 3.63) is 72.1 Å². The van der Waals surface area contributed by atoms with Crippen molar-refractivity contribution >= 4 is 17.8 Å². The van der Waals surface area contributed by atoms with Crippen molar-refractivity contribution in [1.82, 2.24) is 25.6 Å². The average molecular weight is 490 g/mol. The summed E-state index contributed by atoms with van der Waals surface area (Å²) in [5, 5.41) is 23.0. The fraction of sp³-hybridized carbons (Fsp3) is 0.370. The Morgan fingerprint density at radius 1 is 1.06 bits per heavy atom. The number of nitrogens with one attached hydrogen (secondary N) is 2. The summed E-state index contributed by atoms with van der Waals surface area (Å²) in [6, 6.07) is 17.7. The predicted octanol–water partition coefficient (Wildman–Crippen LogP) is 3.16. The Morgan fingerprint density at radius 2 is 1.72 bits per heavy atom. The number of piperidine rings is 1. The maximum atomic E-state index is 12.8. The van der Waals surface area contributed by atoms with Crippen molar-refractivity contribution in [2.45, 2.75) is 38.6 Å². The number of H-pyrrole nitrogens is 1. The maximum absolute atomic E-state index is 12.8. The Kier molecular flexibility index (Phi) is 8.10. The second kappa shape index (κ2) is 11.6.